The zero-order valence-electron chi connectivity index (χ0n) is 13.2. The Balaban J connectivity index is 1.67. The number of benzene rings is 2. The summed E-state index contributed by atoms with van der Waals surface area (Å²) in [6.45, 7) is 0. The molecule has 1 aliphatic rings. The first-order chi connectivity index (χ1) is 12.0. The van der Waals surface area contributed by atoms with Crippen LogP contribution in [0.4, 0.5) is 4.39 Å². The third-order valence-corrected chi connectivity index (χ3v) is 3.82. The van der Waals surface area contributed by atoms with E-state index in [0.29, 0.717) is 16.8 Å². The molecule has 0 aromatic heterocycles. The van der Waals surface area contributed by atoms with Crippen LogP contribution in [-0.4, -0.2) is 23.6 Å². The number of nitrogens with two attached hydrogens (primary N) is 1. The van der Waals surface area contributed by atoms with Gasteiger partial charge in [0.25, 0.3) is 5.91 Å². The lowest BCUT2D eigenvalue weighted by Crippen LogP contribution is -2.42. The number of halogens is 1. The van der Waals surface area contributed by atoms with Gasteiger partial charge in [0.2, 0.25) is 12.0 Å². The summed E-state index contributed by atoms with van der Waals surface area (Å²) in [5.41, 5.74) is 6.98. The lowest BCUT2D eigenvalue weighted by molar-refractivity contribution is -0.134. The summed E-state index contributed by atoms with van der Waals surface area (Å²) in [6.07, 6.45) is -0.723. The number of rotatable bonds is 5. The number of carbonyl (C=O) groups is 2. The number of nitrogens with one attached hydrogen (secondary N) is 1. The maximum Gasteiger partial charge on any atom is 0.265 e. The molecule has 0 aliphatic carbocycles. The topological polar surface area (TPSA) is 93.8 Å². The van der Waals surface area contributed by atoms with Gasteiger partial charge >= 0.3 is 0 Å². The molecule has 1 aliphatic heterocycles. The van der Waals surface area contributed by atoms with Crippen molar-refractivity contribution >= 4 is 17.5 Å². The molecular formula is C18H16FN3O3. The molecule has 0 saturated heterocycles. The van der Waals surface area contributed by atoms with E-state index in [9.17, 15) is 14.0 Å². The van der Waals surface area contributed by atoms with E-state index in [1.807, 2.05) is 0 Å². The monoisotopic (exact) mass is 341 g/mol. The fourth-order valence-electron chi connectivity index (χ4n) is 2.56. The van der Waals surface area contributed by atoms with E-state index in [1.165, 1.54) is 12.1 Å². The highest BCUT2D eigenvalue weighted by molar-refractivity contribution is 6.04. The van der Waals surface area contributed by atoms with Crippen LogP contribution in [0.15, 0.2) is 59.8 Å². The van der Waals surface area contributed by atoms with Crippen LogP contribution in [0.1, 0.15) is 23.6 Å². The highest BCUT2D eigenvalue weighted by Gasteiger charge is 2.32. The Kier molecular flexibility index (Phi) is 4.74. The van der Waals surface area contributed by atoms with Crippen LogP contribution in [0.25, 0.3) is 0 Å². The average Bonchev–Trinajstić information content (AvgIpc) is 3.10. The van der Waals surface area contributed by atoms with E-state index in [0.717, 1.165) is 0 Å². The molecule has 0 unspecified atom stereocenters. The van der Waals surface area contributed by atoms with Gasteiger partial charge in [0.1, 0.15) is 11.9 Å². The Morgan fingerprint density at radius 3 is 2.64 bits per heavy atom. The third kappa shape index (κ3) is 3.82. The number of oxime groups is 1. The summed E-state index contributed by atoms with van der Waals surface area (Å²) in [7, 11) is 0. The lowest BCUT2D eigenvalue weighted by Gasteiger charge is -2.17. The van der Waals surface area contributed by atoms with Crippen LogP contribution in [0.3, 0.4) is 0 Å². The van der Waals surface area contributed by atoms with Gasteiger partial charge in [-0.25, -0.2) is 4.39 Å². The fourth-order valence-corrected chi connectivity index (χ4v) is 2.56. The van der Waals surface area contributed by atoms with Gasteiger partial charge in [-0.1, -0.05) is 47.6 Å². The number of carbonyl (C=O) groups excluding carboxylic acids is 2. The van der Waals surface area contributed by atoms with Crippen molar-refractivity contribution in [3.8, 4) is 0 Å². The molecule has 6 nitrogen and oxygen atoms in total. The number of primary amides is 1. The number of hydrogen-bond donors (Lipinski definition) is 2. The average molecular weight is 341 g/mol. The Hall–Kier alpha value is -3.22. The molecule has 25 heavy (non-hydrogen) atoms. The zero-order chi connectivity index (χ0) is 17.8. The summed E-state index contributed by atoms with van der Waals surface area (Å²) < 4.78 is 13.3. The molecule has 3 rings (SSSR count). The van der Waals surface area contributed by atoms with Crippen molar-refractivity contribution in [2.75, 3.05) is 0 Å². The normalized spacial score (nSPS) is 17.3. The van der Waals surface area contributed by atoms with Crippen molar-refractivity contribution in [2.24, 2.45) is 10.9 Å². The highest BCUT2D eigenvalue weighted by atomic mass is 19.1. The van der Waals surface area contributed by atoms with Gasteiger partial charge in [-0.05, 0) is 17.7 Å². The van der Waals surface area contributed by atoms with Crippen LogP contribution in [0, 0.1) is 5.82 Å². The molecule has 7 heteroatoms. The predicted octanol–water partition coefficient (Wildman–Crippen LogP) is 1.66. The van der Waals surface area contributed by atoms with Crippen LogP contribution < -0.4 is 11.1 Å². The second-order valence-electron chi connectivity index (χ2n) is 5.60. The molecule has 128 valence electrons. The molecule has 0 spiro atoms. The first-order valence-electron chi connectivity index (χ1n) is 7.68. The van der Waals surface area contributed by atoms with Crippen LogP contribution in [0.2, 0.25) is 0 Å². The maximum atomic E-state index is 13.3. The minimum absolute atomic E-state index is 0.176. The summed E-state index contributed by atoms with van der Waals surface area (Å²) in [5.74, 6) is -1.59. The minimum Gasteiger partial charge on any atom is -0.382 e. The molecule has 1 heterocycles. The first-order valence-corrected chi connectivity index (χ1v) is 7.68. The van der Waals surface area contributed by atoms with Gasteiger partial charge in [-0.2, -0.15) is 0 Å². The molecule has 2 aromatic rings. The molecule has 2 aromatic carbocycles. The van der Waals surface area contributed by atoms with Crippen molar-refractivity contribution in [1.29, 1.82) is 0 Å². The Labute approximate surface area is 143 Å². The van der Waals surface area contributed by atoms with Crippen molar-refractivity contribution in [3.63, 3.8) is 0 Å². The Bertz CT molecular complexity index is 823. The third-order valence-electron chi connectivity index (χ3n) is 3.82. The van der Waals surface area contributed by atoms with Gasteiger partial charge in [-0.15, -0.1) is 0 Å². The first kappa shape index (κ1) is 16.6. The summed E-state index contributed by atoms with van der Waals surface area (Å²) in [5, 5.41) is 6.42. The standard InChI is InChI=1S/C18H16FN3O3/c19-13-8-4-7-12(9-13)14-10-15(25-22-14)18(24)21-16(17(20)23)11-5-2-1-3-6-11/h1-9,15-16H,10H2,(H2,20,23)(H,21,24)/t15-,16-/m1/s1. The molecule has 3 N–H and O–H groups in total. The number of nitrogens with zero attached hydrogens (tertiary/aromatic N) is 1. The molecule has 0 saturated carbocycles. The molecule has 2 atom stereocenters. The Morgan fingerprint density at radius 2 is 1.96 bits per heavy atom. The second-order valence-corrected chi connectivity index (χ2v) is 5.60. The lowest BCUT2D eigenvalue weighted by atomic mass is 10.0. The van der Waals surface area contributed by atoms with E-state index in [-0.39, 0.29) is 6.42 Å². The van der Waals surface area contributed by atoms with Crippen molar-refractivity contribution in [3.05, 3.63) is 71.5 Å². The van der Waals surface area contributed by atoms with Crippen LogP contribution >= 0.6 is 0 Å². The molecular weight excluding hydrogens is 325 g/mol. The summed E-state index contributed by atoms with van der Waals surface area (Å²) in [6, 6.07) is 13.6. The van der Waals surface area contributed by atoms with Gasteiger partial charge < -0.3 is 15.9 Å². The van der Waals surface area contributed by atoms with Crippen LogP contribution in [0.5, 0.6) is 0 Å². The van der Waals surface area contributed by atoms with Gasteiger partial charge in [0, 0.05) is 12.0 Å². The highest BCUT2D eigenvalue weighted by Crippen LogP contribution is 2.19. The fraction of sp³-hybridized carbons (Fsp3) is 0.167. The molecule has 0 fully saturated rings. The molecule has 2 amide bonds. The van der Waals surface area contributed by atoms with Crippen molar-refractivity contribution in [1.82, 2.24) is 5.32 Å². The number of amides is 2. The summed E-state index contributed by atoms with van der Waals surface area (Å²) in [4.78, 5) is 29.2. The van der Waals surface area contributed by atoms with E-state index in [4.69, 9.17) is 10.6 Å². The quantitative estimate of drug-likeness (QED) is 0.866. The largest absolute Gasteiger partial charge is 0.382 e. The maximum absolute atomic E-state index is 13.3. The Morgan fingerprint density at radius 1 is 1.20 bits per heavy atom. The van der Waals surface area contributed by atoms with Gasteiger partial charge in [-0.3, -0.25) is 9.59 Å². The van der Waals surface area contributed by atoms with Crippen LogP contribution in [-0.2, 0) is 14.4 Å². The smallest absolute Gasteiger partial charge is 0.265 e. The SMILES string of the molecule is NC(=O)[C@H](NC(=O)[C@H]1CC(c2cccc(F)c2)=NO1)c1ccccc1. The molecule has 0 bridgehead atoms. The number of hydrogen-bond acceptors (Lipinski definition) is 4. The van der Waals surface area contributed by atoms with E-state index in [1.54, 1.807) is 42.5 Å². The van der Waals surface area contributed by atoms with E-state index >= 15 is 0 Å². The van der Waals surface area contributed by atoms with Gasteiger partial charge in [0.15, 0.2) is 0 Å². The van der Waals surface area contributed by atoms with Crippen molar-refractivity contribution < 1.29 is 18.8 Å². The van der Waals surface area contributed by atoms with Gasteiger partial charge in [0.05, 0.1) is 5.71 Å². The predicted molar refractivity (Wildman–Crippen MR) is 88.9 cm³/mol. The van der Waals surface area contributed by atoms with E-state index in [2.05, 4.69) is 10.5 Å². The van der Waals surface area contributed by atoms with E-state index < -0.39 is 29.8 Å². The summed E-state index contributed by atoms with van der Waals surface area (Å²) >= 11 is 0. The molecule has 0 radical (unpaired) electrons. The second kappa shape index (κ2) is 7.12. The zero-order valence-corrected chi connectivity index (χ0v) is 13.2. The van der Waals surface area contributed by atoms with Crippen molar-refractivity contribution in [2.45, 2.75) is 18.6 Å². The minimum atomic E-state index is -0.962.